The lowest BCUT2D eigenvalue weighted by Gasteiger charge is -2.34. The molecule has 0 aromatic carbocycles. The molecule has 1 aliphatic heterocycles. The molecule has 34 heavy (non-hydrogen) atoms. The Bertz CT molecular complexity index is 1160. The summed E-state index contributed by atoms with van der Waals surface area (Å²) in [7, 11) is 2.10. The minimum Gasteiger partial charge on any atom is -0.369 e. The Morgan fingerprint density at radius 2 is 1.88 bits per heavy atom. The van der Waals surface area contributed by atoms with Crippen molar-refractivity contribution in [3.05, 3.63) is 42.0 Å². The number of piperazine rings is 1. The summed E-state index contributed by atoms with van der Waals surface area (Å²) in [6, 6.07) is 4.01. The van der Waals surface area contributed by atoms with E-state index in [9.17, 15) is 13.6 Å². The Hall–Kier alpha value is -3.01. The maximum Gasteiger partial charge on any atom is 0.284 e. The average molecular weight is 472 g/mol. The monoisotopic (exact) mass is 471 g/mol. The molecule has 0 bridgehead atoms. The lowest BCUT2D eigenvalue weighted by molar-refractivity contribution is 0.102. The number of carbonyl (C=O) groups is 1. The van der Waals surface area contributed by atoms with Crippen molar-refractivity contribution >= 4 is 22.8 Å². The van der Waals surface area contributed by atoms with Gasteiger partial charge in [-0.1, -0.05) is 6.92 Å². The molecule has 182 valence electrons. The van der Waals surface area contributed by atoms with E-state index in [4.69, 9.17) is 0 Å². The van der Waals surface area contributed by atoms with Gasteiger partial charge < -0.3 is 15.1 Å². The average Bonchev–Trinajstić information content (AvgIpc) is 3.44. The number of alkyl halides is 2. The van der Waals surface area contributed by atoms with Gasteiger partial charge in [0.25, 0.3) is 12.3 Å². The molecule has 0 spiro atoms. The molecule has 3 aromatic rings. The van der Waals surface area contributed by atoms with Crippen LogP contribution in [0.25, 0.3) is 5.52 Å². The summed E-state index contributed by atoms with van der Waals surface area (Å²) in [5.41, 5.74) is 1.68. The van der Waals surface area contributed by atoms with Crippen LogP contribution in [0, 0.1) is 5.92 Å². The molecule has 3 aromatic heterocycles. The zero-order valence-electron chi connectivity index (χ0n) is 19.6. The third-order valence-corrected chi connectivity index (χ3v) is 7.19. The smallest absolute Gasteiger partial charge is 0.284 e. The van der Waals surface area contributed by atoms with Crippen LogP contribution in [0.3, 0.4) is 0 Å². The van der Waals surface area contributed by atoms with Crippen molar-refractivity contribution in [2.24, 2.45) is 5.92 Å². The number of nitrogens with one attached hydrogen (secondary N) is 1. The van der Waals surface area contributed by atoms with Gasteiger partial charge in [0, 0.05) is 44.3 Å². The number of likely N-dealkylation sites (N-methyl/N-ethyl adjacent to an activating group) is 1. The van der Waals surface area contributed by atoms with E-state index in [1.54, 1.807) is 15.4 Å². The molecular formula is C24H31F2N7O. The molecule has 10 heteroatoms. The second-order valence-electron chi connectivity index (χ2n) is 9.64. The maximum atomic E-state index is 13.7. The lowest BCUT2D eigenvalue weighted by Crippen LogP contribution is -2.44. The Kier molecular flexibility index (Phi) is 6.24. The van der Waals surface area contributed by atoms with Crippen LogP contribution in [0.2, 0.25) is 0 Å². The molecule has 1 saturated heterocycles. The third kappa shape index (κ3) is 4.51. The van der Waals surface area contributed by atoms with Gasteiger partial charge in [-0.2, -0.15) is 10.2 Å². The van der Waals surface area contributed by atoms with Crippen LogP contribution in [-0.4, -0.2) is 63.4 Å². The number of aromatic nitrogens is 4. The Labute approximate surface area is 197 Å². The first-order valence-electron chi connectivity index (χ1n) is 12.0. The quantitative estimate of drug-likeness (QED) is 0.603. The van der Waals surface area contributed by atoms with E-state index in [1.165, 1.54) is 6.20 Å². The first-order valence-corrected chi connectivity index (χ1v) is 12.0. The van der Waals surface area contributed by atoms with Gasteiger partial charge in [0.15, 0.2) is 5.69 Å². The first-order chi connectivity index (χ1) is 16.4. The summed E-state index contributed by atoms with van der Waals surface area (Å²) in [5, 5.41) is 11.1. The van der Waals surface area contributed by atoms with Gasteiger partial charge in [-0.15, -0.1) is 0 Å². The number of nitrogens with zero attached hydrogens (tertiary/aromatic N) is 6. The van der Waals surface area contributed by atoms with Crippen LogP contribution in [0.15, 0.2) is 30.7 Å². The topological polar surface area (TPSA) is 70.7 Å². The highest BCUT2D eigenvalue weighted by atomic mass is 19.3. The van der Waals surface area contributed by atoms with Crippen molar-refractivity contribution in [2.75, 3.05) is 43.4 Å². The summed E-state index contributed by atoms with van der Waals surface area (Å²) < 4.78 is 30.7. The highest BCUT2D eigenvalue weighted by Crippen LogP contribution is 2.34. The van der Waals surface area contributed by atoms with E-state index in [1.807, 2.05) is 18.3 Å². The summed E-state index contributed by atoms with van der Waals surface area (Å²) in [6.45, 7) is 5.95. The molecule has 4 heterocycles. The first kappa shape index (κ1) is 22.8. The predicted molar refractivity (Wildman–Crippen MR) is 127 cm³/mol. The second-order valence-corrected chi connectivity index (χ2v) is 9.64. The number of hydrogen-bond acceptors (Lipinski definition) is 5. The largest absolute Gasteiger partial charge is 0.369 e. The summed E-state index contributed by atoms with van der Waals surface area (Å²) in [4.78, 5) is 17.7. The lowest BCUT2D eigenvalue weighted by atomic mass is 9.87. The normalized spacial score (nSPS) is 22.0. The fourth-order valence-corrected chi connectivity index (χ4v) is 4.95. The Morgan fingerprint density at radius 3 is 2.59 bits per heavy atom. The molecule has 1 amide bonds. The summed E-state index contributed by atoms with van der Waals surface area (Å²) >= 11 is 0. The van der Waals surface area contributed by atoms with E-state index < -0.39 is 12.3 Å². The number of carbonyl (C=O) groups excluding carboxylic acids is 1. The van der Waals surface area contributed by atoms with Gasteiger partial charge in [0.05, 0.1) is 29.0 Å². The van der Waals surface area contributed by atoms with Gasteiger partial charge in [-0.05, 0) is 50.8 Å². The van der Waals surface area contributed by atoms with Crippen LogP contribution >= 0.6 is 0 Å². The molecule has 8 nitrogen and oxygen atoms in total. The molecule has 0 unspecified atom stereocenters. The van der Waals surface area contributed by atoms with Crippen molar-refractivity contribution in [1.29, 1.82) is 0 Å². The van der Waals surface area contributed by atoms with Crippen molar-refractivity contribution in [1.82, 2.24) is 24.3 Å². The summed E-state index contributed by atoms with van der Waals surface area (Å²) in [6.07, 6.45) is 6.00. The van der Waals surface area contributed by atoms with Crippen molar-refractivity contribution in [2.45, 2.75) is 45.1 Å². The number of halogens is 2. The van der Waals surface area contributed by atoms with E-state index in [-0.39, 0.29) is 17.4 Å². The molecule has 5 rings (SSSR count). The number of fused-ring (bicyclic) bond motifs is 1. The van der Waals surface area contributed by atoms with Crippen LogP contribution in [-0.2, 0) is 0 Å². The number of rotatable bonds is 5. The van der Waals surface area contributed by atoms with E-state index >= 15 is 0 Å². The zero-order valence-corrected chi connectivity index (χ0v) is 19.6. The molecule has 2 fully saturated rings. The van der Waals surface area contributed by atoms with Crippen LogP contribution in [0.4, 0.5) is 20.2 Å². The molecule has 2 aliphatic rings. The van der Waals surface area contributed by atoms with Crippen molar-refractivity contribution in [3.63, 3.8) is 0 Å². The van der Waals surface area contributed by atoms with Crippen molar-refractivity contribution < 1.29 is 13.6 Å². The van der Waals surface area contributed by atoms with Crippen LogP contribution < -0.4 is 10.2 Å². The Morgan fingerprint density at radius 1 is 1.15 bits per heavy atom. The van der Waals surface area contributed by atoms with Crippen molar-refractivity contribution in [3.8, 4) is 0 Å². The second kappa shape index (κ2) is 9.32. The zero-order chi connectivity index (χ0) is 23.8. The molecule has 0 atom stereocenters. The standard InChI is InChI=1S/C24H31F2N7O/c1-16-3-5-17(6-4-16)33-15-20(22(29-33)23(25)26)28-24(34)19-14-27-32-8-7-18(13-21(19)32)31-11-9-30(2)10-12-31/h7-8,13-17,23H,3-6,9-12H2,1-2H3,(H,28,34). The van der Waals surface area contributed by atoms with Gasteiger partial charge in [0.2, 0.25) is 0 Å². The number of anilines is 2. The Balaban J connectivity index is 1.38. The summed E-state index contributed by atoms with van der Waals surface area (Å²) in [5.74, 6) is 0.177. The van der Waals surface area contributed by atoms with Gasteiger partial charge in [-0.3, -0.25) is 9.48 Å². The highest BCUT2D eigenvalue weighted by molar-refractivity contribution is 6.09. The fourth-order valence-electron chi connectivity index (χ4n) is 4.95. The number of pyridine rings is 1. The van der Waals surface area contributed by atoms with Crippen LogP contribution in [0.1, 0.15) is 61.1 Å². The molecular weight excluding hydrogens is 440 g/mol. The third-order valence-electron chi connectivity index (χ3n) is 7.19. The minimum absolute atomic E-state index is 0.0631. The number of hydrogen-bond donors (Lipinski definition) is 1. The molecule has 1 saturated carbocycles. The fraction of sp³-hybridized carbons (Fsp3) is 0.542. The predicted octanol–water partition coefficient (Wildman–Crippen LogP) is 4.22. The van der Waals surface area contributed by atoms with E-state index in [2.05, 4.69) is 39.3 Å². The van der Waals surface area contributed by atoms with E-state index in [0.29, 0.717) is 17.0 Å². The molecule has 1 aliphatic carbocycles. The van der Waals surface area contributed by atoms with Crippen LogP contribution in [0.5, 0.6) is 0 Å². The minimum atomic E-state index is -2.77. The highest BCUT2D eigenvalue weighted by Gasteiger charge is 2.26. The van der Waals surface area contributed by atoms with Gasteiger partial charge in [-0.25, -0.2) is 13.3 Å². The molecule has 1 N–H and O–H groups in total. The maximum absolute atomic E-state index is 13.7. The van der Waals surface area contributed by atoms with E-state index in [0.717, 1.165) is 57.5 Å². The molecule has 0 radical (unpaired) electrons. The van der Waals surface area contributed by atoms with Gasteiger partial charge >= 0.3 is 0 Å². The number of amides is 1. The van der Waals surface area contributed by atoms with Gasteiger partial charge in [0.1, 0.15) is 0 Å². The SMILES string of the molecule is CC1CCC(n2cc(NC(=O)c3cnn4ccc(N5CCN(C)CC5)cc34)c(C(F)F)n2)CC1.